The van der Waals surface area contributed by atoms with E-state index in [0.717, 1.165) is 33.7 Å². The molecule has 0 aromatic heterocycles. The van der Waals surface area contributed by atoms with E-state index in [2.05, 4.69) is 15.9 Å². The van der Waals surface area contributed by atoms with Crippen LogP contribution in [0, 0.1) is 0 Å². The summed E-state index contributed by atoms with van der Waals surface area (Å²) in [7, 11) is 3.30. The zero-order chi connectivity index (χ0) is 14.4. The van der Waals surface area contributed by atoms with Gasteiger partial charge in [0.2, 0.25) is 0 Å². The number of ether oxygens (including phenoxy) is 3. The van der Waals surface area contributed by atoms with Gasteiger partial charge < -0.3 is 14.2 Å². The molecule has 0 amide bonds. The molecule has 0 N–H and O–H groups in total. The molecule has 4 heteroatoms. The smallest absolute Gasteiger partial charge is 0.161 e. The lowest BCUT2D eigenvalue weighted by Gasteiger charge is -2.12. The van der Waals surface area contributed by atoms with Crippen LogP contribution in [0.25, 0.3) is 0 Å². The van der Waals surface area contributed by atoms with E-state index < -0.39 is 0 Å². The first-order chi connectivity index (χ1) is 9.76. The number of benzene rings is 2. The second kappa shape index (κ2) is 7.20. The molecule has 0 saturated heterocycles. The summed E-state index contributed by atoms with van der Waals surface area (Å²) in [6.45, 7) is 0.494. The maximum absolute atomic E-state index is 5.81. The van der Waals surface area contributed by atoms with Crippen LogP contribution in [-0.4, -0.2) is 14.2 Å². The number of alkyl halides is 1. The topological polar surface area (TPSA) is 27.7 Å². The molecule has 0 unspecified atom stereocenters. The van der Waals surface area contributed by atoms with Crippen LogP contribution >= 0.6 is 15.9 Å². The van der Waals surface area contributed by atoms with Crippen LogP contribution in [0.1, 0.15) is 11.1 Å². The summed E-state index contributed by atoms with van der Waals surface area (Å²) in [5, 5.41) is 0.794. The second-order valence-electron chi connectivity index (χ2n) is 4.26. The Hall–Kier alpha value is -1.68. The van der Waals surface area contributed by atoms with Crippen molar-refractivity contribution in [3.8, 4) is 17.2 Å². The minimum Gasteiger partial charge on any atom is -0.497 e. The zero-order valence-corrected chi connectivity index (χ0v) is 13.1. The van der Waals surface area contributed by atoms with Crippen LogP contribution in [0.4, 0.5) is 0 Å². The number of hydrogen-bond donors (Lipinski definition) is 0. The van der Waals surface area contributed by atoms with Gasteiger partial charge in [0.1, 0.15) is 12.4 Å². The highest BCUT2D eigenvalue weighted by atomic mass is 79.9. The Bertz CT molecular complexity index is 552. The molecule has 0 atom stereocenters. The van der Waals surface area contributed by atoms with Gasteiger partial charge in [-0.2, -0.15) is 0 Å². The average Bonchev–Trinajstić information content (AvgIpc) is 2.53. The summed E-state index contributed by atoms with van der Waals surface area (Å²) in [6, 6.07) is 13.7. The maximum atomic E-state index is 5.81. The molecule has 0 radical (unpaired) electrons. The van der Waals surface area contributed by atoms with Gasteiger partial charge in [0.15, 0.2) is 11.5 Å². The molecule has 0 heterocycles. The number of hydrogen-bond acceptors (Lipinski definition) is 3. The van der Waals surface area contributed by atoms with Gasteiger partial charge in [-0.3, -0.25) is 0 Å². The third kappa shape index (κ3) is 3.67. The first-order valence-corrected chi connectivity index (χ1v) is 7.37. The normalized spacial score (nSPS) is 10.2. The van der Waals surface area contributed by atoms with Crippen LogP contribution in [0.3, 0.4) is 0 Å². The van der Waals surface area contributed by atoms with Crippen LogP contribution in [0.2, 0.25) is 0 Å². The van der Waals surface area contributed by atoms with E-state index in [1.807, 2.05) is 42.5 Å². The molecule has 0 bridgehead atoms. The highest BCUT2D eigenvalue weighted by molar-refractivity contribution is 9.08. The van der Waals surface area contributed by atoms with Crippen molar-refractivity contribution in [1.29, 1.82) is 0 Å². The molecule has 20 heavy (non-hydrogen) atoms. The Morgan fingerprint density at radius 1 is 0.850 bits per heavy atom. The van der Waals surface area contributed by atoms with Crippen LogP contribution in [0.15, 0.2) is 42.5 Å². The molecule has 0 spiro atoms. The fourth-order valence-corrected chi connectivity index (χ4v) is 2.15. The van der Waals surface area contributed by atoms with E-state index in [1.54, 1.807) is 14.2 Å². The third-order valence-corrected chi connectivity index (χ3v) is 3.58. The monoisotopic (exact) mass is 336 g/mol. The quantitative estimate of drug-likeness (QED) is 0.740. The van der Waals surface area contributed by atoms with Gasteiger partial charge in [-0.05, 0) is 35.4 Å². The van der Waals surface area contributed by atoms with E-state index in [4.69, 9.17) is 14.2 Å². The second-order valence-corrected chi connectivity index (χ2v) is 4.82. The largest absolute Gasteiger partial charge is 0.497 e. The van der Waals surface area contributed by atoms with Gasteiger partial charge >= 0.3 is 0 Å². The molecule has 0 aliphatic heterocycles. The molecule has 0 fully saturated rings. The third-order valence-electron chi connectivity index (χ3n) is 2.94. The van der Waals surface area contributed by atoms with Crippen LogP contribution < -0.4 is 14.2 Å². The standard InChI is InChI=1S/C16H17BrO3/c1-18-14-6-3-12(4-7-14)11-20-15-8-5-13(10-17)9-16(15)19-2/h3-9H,10-11H2,1-2H3. The molecule has 0 aliphatic carbocycles. The van der Waals surface area contributed by atoms with Crippen molar-refractivity contribution in [1.82, 2.24) is 0 Å². The SMILES string of the molecule is COc1ccc(COc2ccc(CBr)cc2OC)cc1. The van der Waals surface area contributed by atoms with Gasteiger partial charge in [0.25, 0.3) is 0 Å². The highest BCUT2D eigenvalue weighted by Gasteiger charge is 2.06. The molecule has 2 aromatic rings. The lowest BCUT2D eigenvalue weighted by molar-refractivity contribution is 0.284. The summed E-state index contributed by atoms with van der Waals surface area (Å²) in [5.41, 5.74) is 2.23. The van der Waals surface area contributed by atoms with E-state index in [9.17, 15) is 0 Å². The minimum atomic E-state index is 0.494. The zero-order valence-electron chi connectivity index (χ0n) is 11.6. The van der Waals surface area contributed by atoms with Crippen molar-refractivity contribution in [3.05, 3.63) is 53.6 Å². The van der Waals surface area contributed by atoms with Crippen LogP contribution in [0.5, 0.6) is 17.2 Å². The fourth-order valence-electron chi connectivity index (χ4n) is 1.80. The van der Waals surface area contributed by atoms with E-state index in [0.29, 0.717) is 6.61 Å². The number of halogens is 1. The number of rotatable bonds is 6. The van der Waals surface area contributed by atoms with E-state index >= 15 is 0 Å². The average molecular weight is 337 g/mol. The lowest BCUT2D eigenvalue weighted by Crippen LogP contribution is -1.98. The predicted octanol–water partition coefficient (Wildman–Crippen LogP) is 4.18. The van der Waals surface area contributed by atoms with Crippen molar-refractivity contribution in [2.24, 2.45) is 0 Å². The van der Waals surface area contributed by atoms with Crippen LogP contribution in [-0.2, 0) is 11.9 Å². The Morgan fingerprint density at radius 3 is 2.15 bits per heavy atom. The predicted molar refractivity (Wildman–Crippen MR) is 83.0 cm³/mol. The Labute approximate surface area is 127 Å². The minimum absolute atomic E-state index is 0.494. The summed E-state index contributed by atoms with van der Waals surface area (Å²) in [4.78, 5) is 0. The van der Waals surface area contributed by atoms with Gasteiger partial charge in [-0.25, -0.2) is 0 Å². The van der Waals surface area contributed by atoms with E-state index in [1.165, 1.54) is 0 Å². The molecule has 2 rings (SSSR count). The van der Waals surface area contributed by atoms with Crippen molar-refractivity contribution >= 4 is 15.9 Å². The summed E-state index contributed by atoms with van der Waals surface area (Å²) in [6.07, 6.45) is 0. The van der Waals surface area contributed by atoms with Crippen molar-refractivity contribution in [3.63, 3.8) is 0 Å². The highest BCUT2D eigenvalue weighted by Crippen LogP contribution is 2.29. The lowest BCUT2D eigenvalue weighted by atomic mass is 10.2. The Kier molecular flexibility index (Phi) is 5.30. The first-order valence-electron chi connectivity index (χ1n) is 6.25. The molecule has 2 aromatic carbocycles. The molecule has 0 aliphatic rings. The first kappa shape index (κ1) is 14.7. The molecule has 0 saturated carbocycles. The molecular formula is C16H17BrO3. The maximum Gasteiger partial charge on any atom is 0.161 e. The van der Waals surface area contributed by atoms with Gasteiger partial charge in [0.05, 0.1) is 14.2 Å². The van der Waals surface area contributed by atoms with Crippen molar-refractivity contribution in [2.45, 2.75) is 11.9 Å². The number of methoxy groups -OCH3 is 2. The molecule has 3 nitrogen and oxygen atoms in total. The van der Waals surface area contributed by atoms with Gasteiger partial charge in [-0.15, -0.1) is 0 Å². The summed E-state index contributed by atoms with van der Waals surface area (Å²) >= 11 is 3.43. The van der Waals surface area contributed by atoms with Crippen molar-refractivity contribution in [2.75, 3.05) is 14.2 Å². The summed E-state index contributed by atoms with van der Waals surface area (Å²) in [5.74, 6) is 2.33. The Balaban J connectivity index is 2.05. The summed E-state index contributed by atoms with van der Waals surface area (Å²) < 4.78 is 16.3. The fraction of sp³-hybridized carbons (Fsp3) is 0.250. The molecular weight excluding hydrogens is 320 g/mol. The van der Waals surface area contributed by atoms with E-state index in [-0.39, 0.29) is 0 Å². The van der Waals surface area contributed by atoms with Crippen molar-refractivity contribution < 1.29 is 14.2 Å². The van der Waals surface area contributed by atoms with Gasteiger partial charge in [-0.1, -0.05) is 34.1 Å². The van der Waals surface area contributed by atoms with Gasteiger partial charge in [0, 0.05) is 5.33 Å². The molecule has 106 valence electrons. The Morgan fingerprint density at radius 2 is 1.55 bits per heavy atom.